The maximum absolute atomic E-state index is 13.0. The monoisotopic (exact) mass is 792 g/mol. The number of aldehydes is 1. The Bertz CT molecular complexity index is 3190. The van der Waals surface area contributed by atoms with E-state index in [-0.39, 0.29) is 59.1 Å². The predicted molar refractivity (Wildman–Crippen MR) is 183 cm³/mol. The van der Waals surface area contributed by atoms with Gasteiger partial charge in [-0.3, -0.25) is 37.3 Å². The zero-order valence-corrected chi connectivity index (χ0v) is 28.3. The molecule has 7 rings (SSSR count). The van der Waals surface area contributed by atoms with Gasteiger partial charge in [-0.15, -0.1) is 9.64 Å². The number of rotatable bonds is 10. The minimum atomic E-state index is -4.85. The molecule has 0 atom stereocenters. The standard InChI is InChI=1S/C32H16N4O17S2/c37-13-14-9-20-23(10-19(14)26(38)33-45)30(42)35(29(20)41)52-54(47,48)17-5-1-15(2-6-17)51-16-3-7-18(8-4-16)55(49,50)53-36-31(43)24-11-21-22(12-25(24)32(36)44)28(40)34(46)27(21)39/h1-13,41-42,46H. The van der Waals surface area contributed by atoms with Gasteiger partial charge in [-0.2, -0.15) is 16.8 Å². The molecule has 278 valence electrons. The Morgan fingerprint density at radius 2 is 1.04 bits per heavy atom. The van der Waals surface area contributed by atoms with Gasteiger partial charge in [0.1, 0.15) is 21.3 Å². The summed E-state index contributed by atoms with van der Waals surface area (Å²) in [6.07, 6.45) is 0.175. The maximum Gasteiger partial charge on any atom is 0.357 e. The quantitative estimate of drug-likeness (QED) is 0.0973. The molecular formula is C32H16N4O17S2. The zero-order valence-electron chi connectivity index (χ0n) is 26.7. The Balaban J connectivity index is 1.08. The summed E-state index contributed by atoms with van der Waals surface area (Å²) in [4.78, 5) is 82.8. The van der Waals surface area contributed by atoms with Crippen LogP contribution in [0, 0.1) is 4.91 Å². The topological polar surface area (TPSA) is 303 Å². The van der Waals surface area contributed by atoms with E-state index in [2.05, 4.69) is 5.18 Å². The Morgan fingerprint density at radius 3 is 1.47 bits per heavy atom. The van der Waals surface area contributed by atoms with Crippen molar-refractivity contribution in [1.29, 1.82) is 0 Å². The van der Waals surface area contributed by atoms with E-state index < -0.39 is 86.3 Å². The second-order valence-electron chi connectivity index (χ2n) is 11.3. The lowest BCUT2D eigenvalue weighted by Crippen LogP contribution is -2.35. The summed E-state index contributed by atoms with van der Waals surface area (Å²) in [5.41, 5.74) is -5.75. The van der Waals surface area contributed by atoms with Crippen molar-refractivity contribution in [2.45, 2.75) is 9.79 Å². The smallest absolute Gasteiger partial charge is 0.357 e. The van der Waals surface area contributed by atoms with Crippen molar-refractivity contribution in [3.05, 3.63) is 130 Å². The highest BCUT2D eigenvalue weighted by atomic mass is 32.2. The average molecular weight is 793 g/mol. The van der Waals surface area contributed by atoms with Crippen LogP contribution in [0.15, 0.2) is 107 Å². The van der Waals surface area contributed by atoms with Gasteiger partial charge in [-0.25, -0.2) is 0 Å². The first-order valence-electron chi connectivity index (χ1n) is 14.8. The van der Waals surface area contributed by atoms with Crippen LogP contribution in [0.4, 0.5) is 0 Å². The van der Waals surface area contributed by atoms with Crippen molar-refractivity contribution in [2.24, 2.45) is 5.18 Å². The molecule has 4 aromatic carbocycles. The second-order valence-corrected chi connectivity index (χ2v) is 14.4. The highest BCUT2D eigenvalue weighted by Crippen LogP contribution is 2.38. The maximum atomic E-state index is 13.0. The van der Waals surface area contributed by atoms with Gasteiger partial charge in [0.25, 0.3) is 22.2 Å². The van der Waals surface area contributed by atoms with Crippen molar-refractivity contribution in [3.8, 4) is 23.3 Å². The largest absolute Gasteiger partial charge is 0.492 e. The van der Waals surface area contributed by atoms with Gasteiger partial charge in [0.05, 0.1) is 37.9 Å². The van der Waals surface area contributed by atoms with E-state index >= 15 is 0 Å². The fourth-order valence-corrected chi connectivity index (χ4v) is 7.26. The van der Waals surface area contributed by atoms with E-state index in [0.29, 0.717) is 0 Å². The molecule has 21 nitrogen and oxygen atoms in total. The van der Waals surface area contributed by atoms with Gasteiger partial charge in [0, 0.05) is 10.7 Å². The SMILES string of the molecule is O=Cc1cc2c(O)n(OS(=O)(=O)c3ccc(Oc4ccc(S(=O)(=O)On5c(=O)c6cc7c(=O)n(O)c(=O)c7cc6c5=O)cc4)cc3)c(O)c2cc1C(=O)N=O. The number of carbonyl (C=O) groups is 2. The molecule has 0 aliphatic carbocycles. The Morgan fingerprint density at radius 1 is 0.618 bits per heavy atom. The van der Waals surface area contributed by atoms with Crippen LogP contribution in [0.5, 0.6) is 23.3 Å². The number of fused-ring (bicyclic) bond motifs is 3. The van der Waals surface area contributed by atoms with Crippen molar-refractivity contribution < 1.29 is 55.1 Å². The van der Waals surface area contributed by atoms with Crippen molar-refractivity contribution in [3.63, 3.8) is 0 Å². The van der Waals surface area contributed by atoms with Crippen molar-refractivity contribution in [1.82, 2.24) is 14.2 Å². The fourth-order valence-electron chi connectivity index (χ4n) is 5.48. The van der Waals surface area contributed by atoms with E-state index in [4.69, 9.17) is 13.3 Å². The molecule has 0 saturated heterocycles. The summed E-state index contributed by atoms with van der Waals surface area (Å²) >= 11 is 0. The van der Waals surface area contributed by atoms with Gasteiger partial charge in [0.2, 0.25) is 11.8 Å². The van der Waals surface area contributed by atoms with Crippen LogP contribution in [-0.2, 0) is 20.2 Å². The molecule has 3 aromatic heterocycles. The summed E-state index contributed by atoms with van der Waals surface area (Å²) in [7, 11) is -9.65. The molecule has 0 aliphatic heterocycles. The third-order valence-electron chi connectivity index (χ3n) is 8.14. The molecule has 0 unspecified atom stereocenters. The Labute approximate surface area is 302 Å². The molecule has 0 saturated carbocycles. The number of hydrogen-bond acceptors (Lipinski definition) is 17. The average Bonchev–Trinajstić information content (AvgIpc) is 3.63. The summed E-state index contributed by atoms with van der Waals surface area (Å²) in [6.45, 7) is 0. The van der Waals surface area contributed by atoms with Gasteiger partial charge >= 0.3 is 26.1 Å². The van der Waals surface area contributed by atoms with Crippen LogP contribution in [0.3, 0.4) is 0 Å². The highest BCUT2D eigenvalue weighted by molar-refractivity contribution is 7.87. The number of benzene rings is 4. The van der Waals surface area contributed by atoms with E-state index in [9.17, 15) is 65.9 Å². The Kier molecular flexibility index (Phi) is 8.11. The molecule has 55 heavy (non-hydrogen) atoms. The number of carbonyl (C=O) groups excluding carboxylic acids is 2. The number of nitrogens with zero attached hydrogens (tertiary/aromatic N) is 4. The lowest BCUT2D eigenvalue weighted by atomic mass is 10.0. The minimum absolute atomic E-state index is 0.0134. The summed E-state index contributed by atoms with van der Waals surface area (Å²) in [6, 6.07) is 12.1. The third-order valence-corrected chi connectivity index (χ3v) is 10.5. The number of ether oxygens (including phenoxy) is 1. The zero-order chi connectivity index (χ0) is 39.7. The van der Waals surface area contributed by atoms with Crippen molar-refractivity contribution in [2.75, 3.05) is 0 Å². The number of nitroso groups, excluding NO2 is 1. The molecule has 7 aromatic rings. The second kappa shape index (κ2) is 12.5. The molecular weight excluding hydrogens is 776 g/mol. The van der Waals surface area contributed by atoms with Crippen LogP contribution in [0.1, 0.15) is 20.7 Å². The normalized spacial score (nSPS) is 11.9. The van der Waals surface area contributed by atoms with E-state index in [1.807, 2.05) is 0 Å². The van der Waals surface area contributed by atoms with Gasteiger partial charge in [-0.1, -0.05) is 9.46 Å². The van der Waals surface area contributed by atoms with E-state index in [0.717, 1.165) is 72.8 Å². The van der Waals surface area contributed by atoms with E-state index in [1.165, 1.54) is 0 Å². The number of aromatic hydroxyl groups is 2. The summed E-state index contributed by atoms with van der Waals surface area (Å²) in [5.74, 6) is -3.32. The van der Waals surface area contributed by atoms with E-state index in [1.54, 1.807) is 0 Å². The first-order valence-corrected chi connectivity index (χ1v) is 17.6. The number of amides is 1. The van der Waals surface area contributed by atoms with Gasteiger partial charge in [0.15, 0.2) is 6.29 Å². The molecule has 0 fully saturated rings. The molecule has 1 amide bonds. The molecule has 3 heterocycles. The molecule has 0 spiro atoms. The molecule has 0 bridgehead atoms. The fraction of sp³-hybridized carbons (Fsp3) is 0. The lowest BCUT2D eigenvalue weighted by molar-refractivity contribution is 0.0993. The first-order chi connectivity index (χ1) is 26.0. The highest BCUT2D eigenvalue weighted by Gasteiger charge is 2.28. The lowest BCUT2D eigenvalue weighted by Gasteiger charge is -2.10. The summed E-state index contributed by atoms with van der Waals surface area (Å²) < 4.78 is 67.1. The molecule has 0 radical (unpaired) electrons. The van der Waals surface area contributed by atoms with Crippen LogP contribution >= 0.6 is 0 Å². The van der Waals surface area contributed by atoms with Crippen LogP contribution < -0.4 is 35.5 Å². The minimum Gasteiger partial charge on any atom is -0.492 e. The van der Waals surface area contributed by atoms with Crippen LogP contribution in [0.25, 0.3) is 32.3 Å². The molecule has 0 aliphatic rings. The number of aromatic nitrogens is 3. The number of hydrogen-bond donors (Lipinski definition) is 3. The van der Waals surface area contributed by atoms with Crippen LogP contribution in [-0.4, -0.2) is 58.6 Å². The predicted octanol–water partition coefficient (Wildman–Crippen LogP) is 0.662. The van der Waals surface area contributed by atoms with Gasteiger partial charge in [-0.05, 0) is 72.8 Å². The Hall–Kier alpha value is -7.66. The van der Waals surface area contributed by atoms with Gasteiger partial charge < -0.3 is 20.2 Å². The summed E-state index contributed by atoms with van der Waals surface area (Å²) in [5, 5.41) is 30.5. The molecule has 23 heteroatoms. The van der Waals surface area contributed by atoms with Crippen molar-refractivity contribution >= 4 is 64.7 Å². The first kappa shape index (κ1) is 35.7. The molecule has 3 N–H and O–H groups in total. The third kappa shape index (κ3) is 5.71. The van der Waals surface area contributed by atoms with Crippen LogP contribution in [0.2, 0.25) is 0 Å².